The Kier molecular flexibility index (Phi) is 4.54. The van der Waals surface area contributed by atoms with Gasteiger partial charge in [-0.05, 0) is 49.0 Å². The summed E-state index contributed by atoms with van der Waals surface area (Å²) in [7, 11) is 0. The minimum atomic E-state index is -0.205. The van der Waals surface area contributed by atoms with Gasteiger partial charge in [-0.25, -0.2) is 9.97 Å². The standard InChI is InChI=1S/C22H22N4O2S/c27-19(26-8-3-15(4-9-26)12-18-23-7-10-29-18)2-1-16-11-17-13-22(5-6-22)21(28)25-20(17)24-14-16/h1-3,7,10-11,14H,4-6,8-9,12-13H2,(H,24,25,28)/b2-1+. The van der Waals surface area contributed by atoms with Gasteiger partial charge in [-0.2, -0.15) is 0 Å². The zero-order valence-corrected chi connectivity index (χ0v) is 16.9. The number of carbonyl (C=O) groups is 2. The van der Waals surface area contributed by atoms with Crippen molar-refractivity contribution in [3.05, 3.63) is 57.7 Å². The average molecular weight is 407 g/mol. The lowest BCUT2D eigenvalue weighted by Gasteiger charge is -2.25. The summed E-state index contributed by atoms with van der Waals surface area (Å²) in [4.78, 5) is 35.2. The molecule has 0 bridgehead atoms. The number of hydrogen-bond acceptors (Lipinski definition) is 5. The van der Waals surface area contributed by atoms with Crippen LogP contribution >= 0.6 is 11.3 Å². The maximum absolute atomic E-state index is 12.6. The first-order valence-corrected chi connectivity index (χ1v) is 10.8. The van der Waals surface area contributed by atoms with Crippen LogP contribution in [-0.4, -0.2) is 39.8 Å². The van der Waals surface area contributed by atoms with E-state index >= 15 is 0 Å². The molecule has 1 saturated carbocycles. The van der Waals surface area contributed by atoms with E-state index in [9.17, 15) is 9.59 Å². The molecule has 1 fully saturated rings. The Bertz CT molecular complexity index is 1020. The summed E-state index contributed by atoms with van der Waals surface area (Å²) >= 11 is 1.67. The first-order valence-electron chi connectivity index (χ1n) is 9.95. The van der Waals surface area contributed by atoms with E-state index in [0.29, 0.717) is 12.4 Å². The zero-order valence-electron chi connectivity index (χ0n) is 16.1. The molecule has 5 rings (SSSR count). The minimum Gasteiger partial charge on any atom is -0.335 e. The molecule has 6 nitrogen and oxygen atoms in total. The lowest BCUT2D eigenvalue weighted by molar-refractivity contribution is -0.125. The van der Waals surface area contributed by atoms with Gasteiger partial charge in [0.15, 0.2) is 0 Å². The van der Waals surface area contributed by atoms with E-state index in [1.807, 2.05) is 28.6 Å². The summed E-state index contributed by atoms with van der Waals surface area (Å²) in [6.07, 6.45) is 13.5. The largest absolute Gasteiger partial charge is 0.335 e. The van der Waals surface area contributed by atoms with Crippen molar-refractivity contribution in [2.75, 3.05) is 18.4 Å². The Balaban J connectivity index is 1.21. The molecule has 4 heterocycles. The number of amides is 2. The number of thiazole rings is 1. The molecule has 0 unspecified atom stereocenters. The van der Waals surface area contributed by atoms with Crippen LogP contribution in [0.25, 0.3) is 6.08 Å². The summed E-state index contributed by atoms with van der Waals surface area (Å²) in [6, 6.07) is 2.04. The van der Waals surface area contributed by atoms with E-state index in [1.54, 1.807) is 23.6 Å². The normalized spacial score (nSPS) is 19.8. The summed E-state index contributed by atoms with van der Waals surface area (Å²) in [5, 5.41) is 6.04. The fourth-order valence-corrected chi connectivity index (χ4v) is 4.66. The van der Waals surface area contributed by atoms with Gasteiger partial charge in [0, 0.05) is 43.4 Å². The Morgan fingerprint density at radius 1 is 1.34 bits per heavy atom. The van der Waals surface area contributed by atoms with Crippen LogP contribution in [0, 0.1) is 5.41 Å². The van der Waals surface area contributed by atoms with E-state index in [0.717, 1.165) is 54.8 Å². The maximum atomic E-state index is 12.6. The van der Waals surface area contributed by atoms with Crippen molar-refractivity contribution in [2.24, 2.45) is 5.41 Å². The first-order chi connectivity index (χ1) is 14.1. The molecular weight excluding hydrogens is 384 g/mol. The number of hydrogen-bond donors (Lipinski definition) is 1. The van der Waals surface area contributed by atoms with E-state index in [-0.39, 0.29) is 17.2 Å². The van der Waals surface area contributed by atoms with Gasteiger partial charge in [0.1, 0.15) is 5.82 Å². The van der Waals surface area contributed by atoms with Crippen LogP contribution in [0.3, 0.4) is 0 Å². The predicted octanol–water partition coefficient (Wildman–Crippen LogP) is 3.23. The van der Waals surface area contributed by atoms with Gasteiger partial charge in [-0.15, -0.1) is 11.3 Å². The topological polar surface area (TPSA) is 75.2 Å². The third-order valence-corrected chi connectivity index (χ3v) is 6.76. The number of rotatable bonds is 4. The van der Waals surface area contributed by atoms with Crippen molar-refractivity contribution in [2.45, 2.75) is 32.1 Å². The number of aromatic nitrogens is 2. The Morgan fingerprint density at radius 3 is 2.97 bits per heavy atom. The van der Waals surface area contributed by atoms with Crippen LogP contribution in [0.1, 0.15) is 35.4 Å². The predicted molar refractivity (Wildman–Crippen MR) is 112 cm³/mol. The second-order valence-corrected chi connectivity index (χ2v) is 9.00. The van der Waals surface area contributed by atoms with Gasteiger partial charge in [0.05, 0.1) is 10.4 Å². The molecule has 1 spiro atoms. The fourth-order valence-electron chi connectivity index (χ4n) is 3.99. The average Bonchev–Trinajstić information content (AvgIpc) is 3.32. The highest BCUT2D eigenvalue weighted by molar-refractivity contribution is 7.09. The van der Waals surface area contributed by atoms with Gasteiger partial charge in [-0.3, -0.25) is 9.59 Å². The number of nitrogens with zero attached hydrogens (tertiary/aromatic N) is 3. The summed E-state index contributed by atoms with van der Waals surface area (Å²) < 4.78 is 0. The number of fused-ring (bicyclic) bond motifs is 1. The highest BCUT2D eigenvalue weighted by Crippen LogP contribution is 2.52. The van der Waals surface area contributed by atoms with Crippen molar-refractivity contribution in [3.63, 3.8) is 0 Å². The molecular formula is C22H22N4O2S. The monoisotopic (exact) mass is 406 g/mol. The quantitative estimate of drug-likeness (QED) is 0.625. The molecule has 0 atom stereocenters. The molecule has 2 amide bonds. The number of anilines is 1. The van der Waals surface area contributed by atoms with Crippen LogP contribution in [0.2, 0.25) is 0 Å². The molecule has 2 aromatic rings. The Hall–Kier alpha value is -2.80. The molecule has 0 aromatic carbocycles. The smallest absolute Gasteiger partial charge is 0.246 e. The van der Waals surface area contributed by atoms with Crippen LogP contribution in [0.15, 0.2) is 41.6 Å². The molecule has 3 aliphatic rings. The second-order valence-electron chi connectivity index (χ2n) is 8.02. The van der Waals surface area contributed by atoms with E-state index in [1.165, 1.54) is 5.57 Å². The third kappa shape index (κ3) is 3.74. The fraction of sp³-hybridized carbons (Fsp3) is 0.364. The first kappa shape index (κ1) is 18.2. The number of carbonyl (C=O) groups excluding carboxylic acids is 2. The highest BCUT2D eigenvalue weighted by Gasteiger charge is 2.52. The number of nitrogens with one attached hydrogen (secondary N) is 1. The molecule has 1 N–H and O–H groups in total. The minimum absolute atomic E-state index is 0.0132. The zero-order chi connectivity index (χ0) is 19.8. The molecule has 29 heavy (non-hydrogen) atoms. The highest BCUT2D eigenvalue weighted by atomic mass is 32.1. The van der Waals surface area contributed by atoms with Gasteiger partial charge >= 0.3 is 0 Å². The lowest BCUT2D eigenvalue weighted by atomic mass is 9.92. The second kappa shape index (κ2) is 7.22. The molecule has 0 radical (unpaired) electrons. The lowest BCUT2D eigenvalue weighted by Crippen LogP contribution is -2.33. The van der Waals surface area contributed by atoms with Crippen LogP contribution in [0.4, 0.5) is 5.82 Å². The maximum Gasteiger partial charge on any atom is 0.246 e. The molecule has 7 heteroatoms. The number of pyridine rings is 1. The van der Waals surface area contributed by atoms with E-state index in [4.69, 9.17) is 0 Å². The molecule has 0 saturated heterocycles. The summed E-state index contributed by atoms with van der Waals surface area (Å²) in [5.41, 5.74) is 3.09. The van der Waals surface area contributed by atoms with Gasteiger partial charge < -0.3 is 10.2 Å². The SMILES string of the molecule is O=C(/C=C/c1cnc2c(c1)CC1(CC1)C(=O)N2)N1CC=C(Cc2nccs2)CC1. The van der Waals surface area contributed by atoms with Crippen LogP contribution < -0.4 is 5.32 Å². The molecule has 2 aliphatic heterocycles. The van der Waals surface area contributed by atoms with Gasteiger partial charge in [0.25, 0.3) is 0 Å². The van der Waals surface area contributed by atoms with Crippen molar-refractivity contribution in [1.29, 1.82) is 0 Å². The van der Waals surface area contributed by atoms with Crippen molar-refractivity contribution < 1.29 is 9.59 Å². The van der Waals surface area contributed by atoms with Crippen LogP contribution in [0.5, 0.6) is 0 Å². The van der Waals surface area contributed by atoms with Crippen LogP contribution in [-0.2, 0) is 22.4 Å². The van der Waals surface area contributed by atoms with Crippen molar-refractivity contribution in [1.82, 2.24) is 14.9 Å². The van der Waals surface area contributed by atoms with Crippen molar-refractivity contribution in [3.8, 4) is 0 Å². The van der Waals surface area contributed by atoms with Gasteiger partial charge in [0.2, 0.25) is 11.8 Å². The molecule has 148 valence electrons. The molecule has 2 aromatic heterocycles. The third-order valence-electron chi connectivity index (χ3n) is 5.98. The van der Waals surface area contributed by atoms with E-state index < -0.39 is 0 Å². The Labute approximate surface area is 173 Å². The summed E-state index contributed by atoms with van der Waals surface area (Å²) in [5.74, 6) is 0.771. The van der Waals surface area contributed by atoms with Gasteiger partial charge in [-0.1, -0.05) is 11.6 Å². The molecule has 1 aliphatic carbocycles. The van der Waals surface area contributed by atoms with Crippen molar-refractivity contribution >= 4 is 35.0 Å². The van der Waals surface area contributed by atoms with E-state index in [2.05, 4.69) is 21.4 Å². The summed E-state index contributed by atoms with van der Waals surface area (Å²) in [6.45, 7) is 1.37. The Morgan fingerprint density at radius 2 is 2.24 bits per heavy atom.